The van der Waals surface area contributed by atoms with E-state index in [0.717, 1.165) is 4.47 Å². The number of Topliss-reactive ketones (excluding diaryl/α,β-unsaturated/α-hetero) is 2. The molecule has 0 bridgehead atoms. The topological polar surface area (TPSA) is 85.7 Å². The van der Waals surface area contributed by atoms with Gasteiger partial charge in [-0.1, -0.05) is 28.1 Å². The van der Waals surface area contributed by atoms with Crippen LogP contribution >= 0.6 is 15.9 Å². The summed E-state index contributed by atoms with van der Waals surface area (Å²) in [5.41, 5.74) is 1.50. The second kappa shape index (κ2) is 7.24. The number of ketones is 2. The average molecular weight is 439 g/mol. The van der Waals surface area contributed by atoms with E-state index in [4.69, 9.17) is 4.74 Å². The minimum absolute atomic E-state index is 0.0292. The maximum absolute atomic E-state index is 13.2. The Bertz CT molecular complexity index is 1060. The van der Waals surface area contributed by atoms with Gasteiger partial charge in [0.15, 0.2) is 11.6 Å². The van der Waals surface area contributed by atoms with Gasteiger partial charge in [0.2, 0.25) is 0 Å². The van der Waals surface area contributed by atoms with Crippen LogP contribution in [0.15, 0.2) is 63.8 Å². The summed E-state index contributed by atoms with van der Waals surface area (Å²) in [6, 6.07) is 10.5. The van der Waals surface area contributed by atoms with E-state index in [-0.39, 0.29) is 35.1 Å². The Balaban J connectivity index is 1.89. The van der Waals surface area contributed by atoms with Gasteiger partial charge >= 0.3 is 5.97 Å². The average Bonchev–Trinajstić information content (AvgIpc) is 2.72. The van der Waals surface area contributed by atoms with Crippen molar-refractivity contribution in [2.45, 2.75) is 6.92 Å². The maximum atomic E-state index is 13.2. The van der Waals surface area contributed by atoms with Crippen molar-refractivity contribution in [1.82, 2.24) is 4.98 Å². The molecule has 0 fully saturated rings. The molecule has 1 aliphatic heterocycles. The Morgan fingerprint density at radius 2 is 1.89 bits per heavy atom. The van der Waals surface area contributed by atoms with Crippen LogP contribution in [0, 0.1) is 11.8 Å². The third-order valence-electron chi connectivity index (χ3n) is 4.75. The number of ether oxygens (including phenoxy) is 1. The second-order valence-electron chi connectivity index (χ2n) is 6.41. The first-order valence-corrected chi connectivity index (χ1v) is 9.57. The molecule has 0 spiro atoms. The molecule has 140 valence electrons. The van der Waals surface area contributed by atoms with Gasteiger partial charge in [0.25, 0.3) is 0 Å². The number of benzene rings is 1. The maximum Gasteiger partial charge on any atom is 0.356 e. The highest BCUT2D eigenvalue weighted by atomic mass is 79.9. The molecule has 0 radical (unpaired) electrons. The van der Waals surface area contributed by atoms with Crippen LogP contribution in [0.3, 0.4) is 0 Å². The van der Waals surface area contributed by atoms with Crippen molar-refractivity contribution in [3.63, 3.8) is 0 Å². The molecule has 2 heterocycles. The van der Waals surface area contributed by atoms with Crippen molar-refractivity contribution in [1.29, 1.82) is 0 Å². The van der Waals surface area contributed by atoms with Gasteiger partial charge in [-0.05, 0) is 42.8 Å². The van der Waals surface area contributed by atoms with Gasteiger partial charge in [-0.15, -0.1) is 0 Å². The van der Waals surface area contributed by atoms with Gasteiger partial charge in [0.05, 0.1) is 24.2 Å². The van der Waals surface area contributed by atoms with Crippen molar-refractivity contribution in [3.05, 3.63) is 75.7 Å². The van der Waals surface area contributed by atoms with E-state index < -0.39 is 17.8 Å². The summed E-state index contributed by atoms with van der Waals surface area (Å²) >= 11 is 3.38. The summed E-state index contributed by atoms with van der Waals surface area (Å²) in [6.45, 7) is 1.88. The Hall–Kier alpha value is -2.93. The molecule has 1 aliphatic carbocycles. The predicted molar refractivity (Wildman–Crippen MR) is 105 cm³/mol. The zero-order chi connectivity index (χ0) is 19.8. The Morgan fingerprint density at radius 1 is 1.14 bits per heavy atom. The number of allylic oxidation sites excluding steroid dienone is 1. The quantitative estimate of drug-likeness (QED) is 0.685. The number of fused-ring (bicyclic) bond motifs is 2. The molecule has 0 amide bonds. The van der Waals surface area contributed by atoms with Gasteiger partial charge < -0.3 is 4.74 Å². The number of hydrogen-bond donors (Lipinski definition) is 0. The van der Waals surface area contributed by atoms with E-state index in [0.29, 0.717) is 11.3 Å². The number of hydrogen-bond acceptors (Lipinski definition) is 6. The predicted octanol–water partition coefficient (Wildman–Crippen LogP) is 3.41. The number of esters is 1. The number of aliphatic imine (C=N–C) groups is 1. The van der Waals surface area contributed by atoms with Crippen molar-refractivity contribution < 1.29 is 19.1 Å². The largest absolute Gasteiger partial charge is 0.461 e. The third-order valence-corrected chi connectivity index (χ3v) is 5.28. The molecule has 0 saturated heterocycles. The molecule has 1 aromatic heterocycles. The highest BCUT2D eigenvalue weighted by Crippen LogP contribution is 2.37. The fourth-order valence-corrected chi connectivity index (χ4v) is 3.76. The number of aromatic nitrogens is 1. The van der Waals surface area contributed by atoms with Gasteiger partial charge in [0.1, 0.15) is 11.4 Å². The van der Waals surface area contributed by atoms with Crippen molar-refractivity contribution in [3.8, 4) is 0 Å². The van der Waals surface area contributed by atoms with Crippen molar-refractivity contribution in [2.75, 3.05) is 6.61 Å². The lowest BCUT2D eigenvalue weighted by molar-refractivity contribution is -0.138. The zero-order valence-corrected chi connectivity index (χ0v) is 16.5. The van der Waals surface area contributed by atoms with Gasteiger partial charge in [-0.2, -0.15) is 0 Å². The fourth-order valence-electron chi connectivity index (χ4n) is 3.50. The molecule has 7 heteroatoms. The number of rotatable bonds is 3. The zero-order valence-electron chi connectivity index (χ0n) is 14.9. The molecule has 6 nitrogen and oxygen atoms in total. The van der Waals surface area contributed by atoms with Crippen LogP contribution in [-0.2, 0) is 9.53 Å². The van der Waals surface area contributed by atoms with E-state index >= 15 is 0 Å². The lowest BCUT2D eigenvalue weighted by atomic mass is 9.70. The lowest BCUT2D eigenvalue weighted by Crippen LogP contribution is -2.43. The first kappa shape index (κ1) is 18.4. The highest BCUT2D eigenvalue weighted by molar-refractivity contribution is 9.10. The molecular weight excluding hydrogens is 424 g/mol. The normalized spacial score (nSPS) is 20.6. The molecule has 2 atom stereocenters. The van der Waals surface area contributed by atoms with E-state index in [1.807, 2.05) is 12.1 Å². The van der Waals surface area contributed by atoms with Crippen LogP contribution in [0.25, 0.3) is 0 Å². The van der Waals surface area contributed by atoms with E-state index in [9.17, 15) is 14.4 Å². The molecule has 0 N–H and O–H groups in total. The smallest absolute Gasteiger partial charge is 0.356 e. The summed E-state index contributed by atoms with van der Waals surface area (Å²) in [5.74, 6) is -2.79. The van der Waals surface area contributed by atoms with Crippen LogP contribution in [0.5, 0.6) is 0 Å². The number of carbonyl (C=O) groups is 3. The number of halogens is 1. The molecule has 4 rings (SSSR count). The molecule has 1 aromatic carbocycles. The summed E-state index contributed by atoms with van der Waals surface area (Å²) < 4.78 is 5.93. The van der Waals surface area contributed by atoms with Crippen LogP contribution in [0.1, 0.15) is 33.3 Å². The SMILES string of the molecule is CCOC(=O)C1=CC2C(=O)c3ncccc3C(=O)C2C(c2ccc(Br)cc2)=N1. The summed E-state index contributed by atoms with van der Waals surface area (Å²) in [6.07, 6.45) is 2.91. The molecular formula is C21H15BrN2O4. The first-order valence-electron chi connectivity index (χ1n) is 8.78. The summed E-state index contributed by atoms with van der Waals surface area (Å²) in [4.78, 5) is 47.2. The van der Waals surface area contributed by atoms with Crippen LogP contribution in [0.2, 0.25) is 0 Å². The van der Waals surface area contributed by atoms with Crippen molar-refractivity contribution in [2.24, 2.45) is 16.8 Å². The molecule has 2 aliphatic rings. The van der Waals surface area contributed by atoms with E-state index in [1.54, 1.807) is 31.2 Å². The third kappa shape index (κ3) is 3.01. The second-order valence-corrected chi connectivity index (χ2v) is 7.32. The van der Waals surface area contributed by atoms with Crippen LogP contribution in [0.4, 0.5) is 0 Å². The van der Waals surface area contributed by atoms with Gasteiger partial charge in [-0.25, -0.2) is 9.79 Å². The van der Waals surface area contributed by atoms with Crippen LogP contribution in [-0.4, -0.2) is 34.8 Å². The fraction of sp³-hybridized carbons (Fsp3) is 0.190. The van der Waals surface area contributed by atoms with Crippen molar-refractivity contribution >= 4 is 39.2 Å². The number of carbonyl (C=O) groups excluding carboxylic acids is 3. The molecule has 0 saturated carbocycles. The summed E-state index contributed by atoms with van der Waals surface area (Å²) in [5, 5.41) is 0. The summed E-state index contributed by atoms with van der Waals surface area (Å²) in [7, 11) is 0. The van der Waals surface area contributed by atoms with Gasteiger partial charge in [-0.3, -0.25) is 14.6 Å². The number of pyridine rings is 1. The standard InChI is InChI=1S/C21H15BrN2O4/c1-2-28-21(27)15-10-14-16(17(24-15)11-5-7-12(22)8-6-11)19(25)13-4-3-9-23-18(13)20(14)26/h3-10,14,16H,2H2,1H3. The molecule has 28 heavy (non-hydrogen) atoms. The lowest BCUT2D eigenvalue weighted by Gasteiger charge is -2.32. The first-order chi connectivity index (χ1) is 13.5. The highest BCUT2D eigenvalue weighted by Gasteiger charge is 2.46. The minimum Gasteiger partial charge on any atom is -0.461 e. The Labute approximate surface area is 169 Å². The Kier molecular flexibility index (Phi) is 4.77. The minimum atomic E-state index is -0.842. The van der Waals surface area contributed by atoms with Gasteiger partial charge in [0, 0.05) is 16.2 Å². The molecule has 2 unspecified atom stereocenters. The van der Waals surface area contributed by atoms with E-state index in [1.165, 1.54) is 12.3 Å². The Morgan fingerprint density at radius 3 is 2.61 bits per heavy atom. The van der Waals surface area contributed by atoms with Crippen LogP contribution < -0.4 is 0 Å². The van der Waals surface area contributed by atoms with E-state index in [2.05, 4.69) is 25.9 Å². The molecule has 2 aromatic rings. The number of nitrogens with zero attached hydrogens (tertiary/aromatic N) is 2. The monoisotopic (exact) mass is 438 g/mol.